The number of rotatable bonds is 10. The fraction of sp³-hybridized carbons (Fsp3) is 0.0968. The minimum Gasteiger partial charge on any atom is -0.545 e. The number of benzene rings is 4. The van der Waals surface area contributed by atoms with Crippen LogP contribution < -0.4 is 44.1 Å². The molecule has 0 fully saturated rings. The molecule has 0 radical (unpaired) electrons. The number of hydrogen-bond donors (Lipinski definition) is 0. The summed E-state index contributed by atoms with van der Waals surface area (Å²) in [7, 11) is 1.56. The van der Waals surface area contributed by atoms with E-state index in [1.165, 1.54) is 0 Å². The minimum atomic E-state index is -1.45. The second-order valence-corrected chi connectivity index (χ2v) is 9.29. The molecule has 40 heavy (non-hydrogen) atoms. The minimum absolute atomic E-state index is 0. The number of aliphatic carboxylic acids is 1. The van der Waals surface area contributed by atoms with Crippen LogP contribution in [0.3, 0.4) is 0 Å². The van der Waals surface area contributed by atoms with Crippen LogP contribution in [0, 0.1) is 0 Å². The van der Waals surface area contributed by atoms with Crippen LogP contribution in [0.15, 0.2) is 103 Å². The van der Waals surface area contributed by atoms with E-state index >= 15 is 0 Å². The smallest absolute Gasteiger partial charge is 0.545 e. The van der Waals surface area contributed by atoms with Gasteiger partial charge in [0.2, 0.25) is 0 Å². The quantitative estimate of drug-likeness (QED) is 0.147. The number of ether oxygens (including phenoxy) is 2. The summed E-state index contributed by atoms with van der Waals surface area (Å²) in [6.45, 7) is 0.388. The van der Waals surface area contributed by atoms with Gasteiger partial charge in [-0.05, 0) is 65.2 Å². The zero-order valence-electron chi connectivity index (χ0n) is 22.0. The van der Waals surface area contributed by atoms with Crippen molar-refractivity contribution < 1.29 is 53.7 Å². The van der Waals surface area contributed by atoms with E-state index in [4.69, 9.17) is 9.47 Å². The summed E-state index contributed by atoms with van der Waals surface area (Å²) in [4.78, 5) is 26.4. The van der Waals surface area contributed by atoms with Crippen LogP contribution in [0.1, 0.15) is 27.0 Å². The Labute approximate surface area is 257 Å². The fourth-order valence-corrected chi connectivity index (χ4v) is 4.72. The molecule has 194 valence electrons. The summed E-state index contributed by atoms with van der Waals surface area (Å²) in [5.41, 5.74) is 3.54. The van der Waals surface area contributed by atoms with Crippen LogP contribution in [0.5, 0.6) is 11.5 Å². The number of Topliss-reactive ketones (excluding diaryl/α,β-unsaturated/α-hetero) is 1. The zero-order chi connectivity index (χ0) is 27.2. The third-order valence-corrected chi connectivity index (χ3v) is 6.78. The van der Waals surface area contributed by atoms with Crippen molar-refractivity contribution in [2.75, 3.05) is 7.11 Å². The largest absolute Gasteiger partial charge is 1.00 e. The predicted molar refractivity (Wildman–Crippen MR) is 148 cm³/mol. The third-order valence-electron chi connectivity index (χ3n) is 6.23. The van der Waals surface area contributed by atoms with E-state index < -0.39 is 11.8 Å². The molecule has 0 aliphatic heterocycles. The van der Waals surface area contributed by atoms with E-state index in [1.807, 2.05) is 30.3 Å². The number of nitrogens with zero attached hydrogens (tertiary/aromatic N) is 2. The first-order chi connectivity index (χ1) is 19.0. The summed E-state index contributed by atoms with van der Waals surface area (Å²) in [6.07, 6.45) is 0.0752. The average Bonchev–Trinajstić information content (AvgIpc) is 3.44. The molecule has 9 heteroatoms. The molecule has 4 aromatic carbocycles. The summed E-state index contributed by atoms with van der Waals surface area (Å²) in [5.74, 6) is -0.616. The van der Waals surface area contributed by atoms with Crippen LogP contribution in [-0.2, 0) is 17.8 Å². The molecule has 0 atom stereocenters. The van der Waals surface area contributed by atoms with E-state index in [2.05, 4.69) is 8.75 Å². The standard InChI is InChI=1S/C31H24N2O5S.Na/c1-37-24-12-7-20(8-13-24)17-26(29(31(35)36)23-11-16-27-28(18-23)33-39-32-27)30(34)22-9-14-25(15-10-22)38-19-21-5-3-2-4-6-21;/h2-16,18H,17,19H2,1H3,(H,35,36);/q;+1/p-1. The maximum Gasteiger partial charge on any atom is 1.00 e. The molecule has 0 bridgehead atoms. The maximum atomic E-state index is 13.9. The van der Waals surface area contributed by atoms with Crippen molar-refractivity contribution in [1.82, 2.24) is 8.75 Å². The fourth-order valence-electron chi connectivity index (χ4n) is 4.20. The number of ketones is 1. The zero-order valence-corrected chi connectivity index (χ0v) is 24.8. The molecule has 0 saturated carbocycles. The Kier molecular flexibility index (Phi) is 9.84. The molecular formula is C31H23N2NaO5S. The third kappa shape index (κ3) is 6.84. The molecule has 0 aliphatic rings. The van der Waals surface area contributed by atoms with Crippen LogP contribution in [0.25, 0.3) is 16.6 Å². The first-order valence-corrected chi connectivity index (χ1v) is 12.9. The van der Waals surface area contributed by atoms with Crippen LogP contribution >= 0.6 is 11.7 Å². The summed E-state index contributed by atoms with van der Waals surface area (Å²) in [6, 6.07) is 28.5. The van der Waals surface area contributed by atoms with Gasteiger partial charge in [0.05, 0.1) is 24.8 Å². The van der Waals surface area contributed by atoms with Gasteiger partial charge in [0.25, 0.3) is 0 Å². The van der Waals surface area contributed by atoms with Gasteiger partial charge in [0.15, 0.2) is 5.78 Å². The molecule has 0 unspecified atom stereocenters. The maximum absolute atomic E-state index is 13.9. The Morgan fingerprint density at radius 3 is 2.10 bits per heavy atom. The molecule has 5 aromatic rings. The molecule has 7 nitrogen and oxygen atoms in total. The van der Waals surface area contributed by atoms with Gasteiger partial charge in [0.1, 0.15) is 29.1 Å². The second kappa shape index (κ2) is 13.5. The van der Waals surface area contributed by atoms with E-state index in [0.29, 0.717) is 40.3 Å². The van der Waals surface area contributed by atoms with Crippen molar-refractivity contribution in [3.05, 3.63) is 125 Å². The summed E-state index contributed by atoms with van der Waals surface area (Å²) >= 11 is 1.03. The number of carbonyl (C=O) groups is 2. The van der Waals surface area contributed by atoms with Gasteiger partial charge in [-0.2, -0.15) is 8.75 Å². The monoisotopic (exact) mass is 558 g/mol. The second-order valence-electron chi connectivity index (χ2n) is 8.76. The molecule has 1 aromatic heterocycles. The van der Waals surface area contributed by atoms with Crippen molar-refractivity contribution in [2.24, 2.45) is 0 Å². The van der Waals surface area contributed by atoms with Crippen LogP contribution in [-0.4, -0.2) is 27.6 Å². The van der Waals surface area contributed by atoms with Crippen molar-refractivity contribution in [2.45, 2.75) is 13.0 Å². The predicted octanol–water partition coefficient (Wildman–Crippen LogP) is 1.91. The average molecular weight is 559 g/mol. The van der Waals surface area contributed by atoms with Gasteiger partial charge in [-0.15, -0.1) is 0 Å². The Balaban J connectivity index is 0.00000370. The molecule has 0 aliphatic carbocycles. The van der Waals surface area contributed by atoms with Gasteiger partial charge in [-0.25, -0.2) is 0 Å². The Morgan fingerprint density at radius 1 is 0.775 bits per heavy atom. The molecular weight excluding hydrogens is 535 g/mol. The number of allylic oxidation sites excluding steroid dienone is 1. The van der Waals surface area contributed by atoms with Crippen molar-refractivity contribution in [1.29, 1.82) is 0 Å². The number of hydrogen-bond acceptors (Lipinski definition) is 8. The molecule has 0 N–H and O–H groups in total. The van der Waals surface area contributed by atoms with Crippen molar-refractivity contribution in [3.8, 4) is 11.5 Å². The SMILES string of the molecule is COc1ccc(CC(C(=O)c2ccc(OCc3ccccc3)cc2)=C(C(=O)[O-])c2ccc3nsnc3c2)cc1.[Na+]. The van der Waals surface area contributed by atoms with Crippen LogP contribution in [0.2, 0.25) is 0 Å². The van der Waals surface area contributed by atoms with E-state index in [0.717, 1.165) is 22.9 Å². The van der Waals surface area contributed by atoms with Gasteiger partial charge in [0, 0.05) is 23.1 Å². The number of carbonyl (C=O) groups excluding carboxylic acids is 2. The Bertz CT molecular complexity index is 1650. The van der Waals surface area contributed by atoms with Gasteiger partial charge >= 0.3 is 29.6 Å². The molecule has 0 saturated heterocycles. The van der Waals surface area contributed by atoms with Gasteiger partial charge in [-0.1, -0.05) is 48.5 Å². The van der Waals surface area contributed by atoms with E-state index in [1.54, 1.807) is 73.8 Å². The van der Waals surface area contributed by atoms with Crippen molar-refractivity contribution >= 4 is 40.1 Å². The Morgan fingerprint density at radius 2 is 1.43 bits per heavy atom. The molecule has 5 rings (SSSR count). The number of carboxylic acids is 1. The first kappa shape index (κ1) is 29.2. The number of carboxylic acid groups (broad SMARTS) is 1. The molecule has 0 spiro atoms. The normalized spacial score (nSPS) is 11.3. The molecule has 0 amide bonds. The van der Waals surface area contributed by atoms with Gasteiger partial charge < -0.3 is 19.4 Å². The topological polar surface area (TPSA) is 101 Å². The number of methoxy groups -OCH3 is 1. The molecule has 1 heterocycles. The first-order valence-electron chi connectivity index (χ1n) is 12.1. The van der Waals surface area contributed by atoms with Crippen molar-refractivity contribution in [3.63, 3.8) is 0 Å². The Hall–Kier alpha value is -3.82. The number of fused-ring (bicyclic) bond motifs is 1. The summed E-state index contributed by atoms with van der Waals surface area (Å²) in [5, 5.41) is 12.5. The van der Waals surface area contributed by atoms with Gasteiger partial charge in [-0.3, -0.25) is 4.79 Å². The van der Waals surface area contributed by atoms with Crippen LogP contribution in [0.4, 0.5) is 0 Å². The van der Waals surface area contributed by atoms with E-state index in [9.17, 15) is 14.7 Å². The van der Waals surface area contributed by atoms with E-state index in [-0.39, 0.29) is 47.1 Å². The number of aromatic nitrogens is 2. The summed E-state index contributed by atoms with van der Waals surface area (Å²) < 4.78 is 19.5.